The minimum atomic E-state index is -2.90. The molecule has 1 atom stereocenters. The van der Waals surface area contributed by atoms with E-state index in [-0.39, 0.29) is 17.7 Å². The highest BCUT2D eigenvalue weighted by molar-refractivity contribution is 5.99. The Kier molecular flexibility index (Phi) is 4.58. The first-order valence-corrected chi connectivity index (χ1v) is 8.01. The van der Waals surface area contributed by atoms with Crippen LogP contribution in [-0.4, -0.2) is 35.4 Å². The van der Waals surface area contributed by atoms with Crippen molar-refractivity contribution in [3.8, 4) is 0 Å². The molecule has 1 aromatic heterocycles. The van der Waals surface area contributed by atoms with Crippen LogP contribution in [0.15, 0.2) is 47.4 Å². The molecule has 1 saturated carbocycles. The van der Waals surface area contributed by atoms with Crippen molar-refractivity contribution in [3.05, 3.63) is 69.6 Å². The molecule has 1 aliphatic rings. The van der Waals surface area contributed by atoms with Crippen LogP contribution >= 0.6 is 0 Å². The van der Waals surface area contributed by atoms with Crippen molar-refractivity contribution in [2.24, 2.45) is 0 Å². The predicted molar refractivity (Wildman–Crippen MR) is 90.5 cm³/mol. The number of alkyl halides is 2. The SMILES string of the molecule is CNC(=O)c1cc(C(=O)N[C@@H]2CC2(F)F)cn(Cc2ccccc2)c1=O. The van der Waals surface area contributed by atoms with Gasteiger partial charge in [0.25, 0.3) is 23.3 Å². The van der Waals surface area contributed by atoms with Crippen molar-refractivity contribution in [2.75, 3.05) is 7.05 Å². The smallest absolute Gasteiger partial charge is 0.270 e. The molecule has 1 aliphatic carbocycles. The monoisotopic (exact) mass is 361 g/mol. The van der Waals surface area contributed by atoms with E-state index in [9.17, 15) is 23.2 Å². The summed E-state index contributed by atoms with van der Waals surface area (Å²) in [7, 11) is 1.36. The second-order valence-corrected chi connectivity index (χ2v) is 6.13. The average molecular weight is 361 g/mol. The van der Waals surface area contributed by atoms with E-state index in [0.29, 0.717) is 0 Å². The van der Waals surface area contributed by atoms with Gasteiger partial charge in [0.2, 0.25) is 0 Å². The van der Waals surface area contributed by atoms with Gasteiger partial charge >= 0.3 is 0 Å². The van der Waals surface area contributed by atoms with Crippen LogP contribution in [0.25, 0.3) is 0 Å². The molecule has 3 rings (SSSR count). The molecular weight excluding hydrogens is 344 g/mol. The lowest BCUT2D eigenvalue weighted by Gasteiger charge is -2.12. The van der Waals surface area contributed by atoms with Gasteiger partial charge in [0.15, 0.2) is 0 Å². The van der Waals surface area contributed by atoms with Crippen LogP contribution in [0.1, 0.15) is 32.7 Å². The van der Waals surface area contributed by atoms with Crippen molar-refractivity contribution in [2.45, 2.75) is 24.9 Å². The summed E-state index contributed by atoms with van der Waals surface area (Å²) in [6.07, 6.45) is 0.863. The first-order chi connectivity index (χ1) is 12.3. The van der Waals surface area contributed by atoms with Gasteiger partial charge in [0.05, 0.1) is 18.2 Å². The van der Waals surface area contributed by atoms with E-state index >= 15 is 0 Å². The van der Waals surface area contributed by atoms with Gasteiger partial charge < -0.3 is 15.2 Å². The lowest BCUT2D eigenvalue weighted by molar-refractivity contribution is 0.0848. The summed E-state index contributed by atoms with van der Waals surface area (Å²) in [6, 6.07) is 8.92. The van der Waals surface area contributed by atoms with Gasteiger partial charge in [-0.2, -0.15) is 0 Å². The van der Waals surface area contributed by atoms with Gasteiger partial charge in [-0.1, -0.05) is 30.3 Å². The summed E-state index contributed by atoms with van der Waals surface area (Å²) < 4.78 is 27.3. The minimum absolute atomic E-state index is 0.0261. The molecule has 2 amide bonds. The first-order valence-electron chi connectivity index (χ1n) is 8.01. The Morgan fingerprint density at radius 2 is 1.88 bits per heavy atom. The number of aromatic nitrogens is 1. The van der Waals surface area contributed by atoms with Gasteiger partial charge in [-0.25, -0.2) is 8.78 Å². The number of halogens is 2. The second-order valence-electron chi connectivity index (χ2n) is 6.13. The number of carbonyl (C=O) groups excluding carboxylic acids is 2. The molecule has 0 spiro atoms. The maximum atomic E-state index is 13.0. The molecule has 1 fully saturated rings. The molecule has 0 unspecified atom stereocenters. The molecule has 0 radical (unpaired) electrons. The summed E-state index contributed by atoms with van der Waals surface area (Å²) in [5.41, 5.74) is -0.0225. The number of pyridine rings is 1. The van der Waals surface area contributed by atoms with Gasteiger partial charge in [0.1, 0.15) is 5.56 Å². The fourth-order valence-electron chi connectivity index (χ4n) is 2.57. The highest BCUT2D eigenvalue weighted by Gasteiger charge is 2.57. The van der Waals surface area contributed by atoms with E-state index in [1.54, 1.807) is 24.3 Å². The number of carbonyl (C=O) groups is 2. The van der Waals surface area contributed by atoms with Crippen LogP contribution in [-0.2, 0) is 6.54 Å². The van der Waals surface area contributed by atoms with E-state index in [1.807, 2.05) is 6.07 Å². The van der Waals surface area contributed by atoms with E-state index in [1.165, 1.54) is 17.8 Å². The standard InChI is InChI=1S/C18H17F2N3O3/c1-21-16(25)13-7-12(15(24)22-14-8-18(14,19)20)10-23(17(13)26)9-11-5-3-2-4-6-11/h2-7,10,14H,8-9H2,1H3,(H,21,25)(H,22,24)/t14-/m1/s1. The van der Waals surface area contributed by atoms with Crippen LogP contribution in [0.5, 0.6) is 0 Å². The fourth-order valence-corrected chi connectivity index (χ4v) is 2.57. The Balaban J connectivity index is 1.96. The third kappa shape index (κ3) is 3.63. The zero-order chi connectivity index (χ0) is 18.9. The third-order valence-corrected chi connectivity index (χ3v) is 4.15. The van der Waals surface area contributed by atoms with Gasteiger partial charge in [-0.15, -0.1) is 0 Å². The maximum Gasteiger partial charge on any atom is 0.270 e. The number of nitrogens with one attached hydrogen (secondary N) is 2. The Hall–Kier alpha value is -3.03. The maximum absolute atomic E-state index is 13.0. The summed E-state index contributed by atoms with van der Waals surface area (Å²) >= 11 is 0. The normalized spacial score (nSPS) is 17.4. The zero-order valence-electron chi connectivity index (χ0n) is 14.0. The Morgan fingerprint density at radius 3 is 2.46 bits per heavy atom. The Labute approximate surface area is 147 Å². The van der Waals surface area contributed by atoms with Crippen LogP contribution in [0.2, 0.25) is 0 Å². The minimum Gasteiger partial charge on any atom is -0.355 e. The molecular formula is C18H17F2N3O3. The van der Waals surface area contributed by atoms with Gasteiger partial charge in [-0.05, 0) is 11.6 Å². The molecule has 26 heavy (non-hydrogen) atoms. The lowest BCUT2D eigenvalue weighted by Crippen LogP contribution is -2.35. The summed E-state index contributed by atoms with van der Waals surface area (Å²) in [5.74, 6) is -4.31. The predicted octanol–water partition coefficient (Wildman–Crippen LogP) is 1.39. The number of nitrogens with zero attached hydrogens (tertiary/aromatic N) is 1. The molecule has 8 heteroatoms. The molecule has 0 saturated heterocycles. The van der Waals surface area contributed by atoms with Crippen molar-refractivity contribution < 1.29 is 18.4 Å². The molecule has 1 aromatic carbocycles. The van der Waals surface area contributed by atoms with Crippen molar-refractivity contribution in [3.63, 3.8) is 0 Å². The number of benzene rings is 1. The third-order valence-electron chi connectivity index (χ3n) is 4.15. The van der Waals surface area contributed by atoms with E-state index < -0.39 is 35.8 Å². The van der Waals surface area contributed by atoms with E-state index in [4.69, 9.17) is 0 Å². The van der Waals surface area contributed by atoms with Crippen molar-refractivity contribution in [1.29, 1.82) is 0 Å². The van der Waals surface area contributed by atoms with E-state index in [2.05, 4.69) is 10.6 Å². The first kappa shape index (κ1) is 17.8. The highest BCUT2D eigenvalue weighted by Crippen LogP contribution is 2.41. The summed E-state index contributed by atoms with van der Waals surface area (Å²) in [5, 5.41) is 4.56. The van der Waals surface area contributed by atoms with Crippen LogP contribution in [0, 0.1) is 0 Å². The molecule has 2 N–H and O–H groups in total. The fraction of sp³-hybridized carbons (Fsp3) is 0.278. The second kappa shape index (κ2) is 6.70. The molecule has 2 aromatic rings. The number of rotatable bonds is 5. The van der Waals surface area contributed by atoms with Gasteiger partial charge in [0, 0.05) is 19.7 Å². The molecule has 0 aliphatic heterocycles. The topological polar surface area (TPSA) is 80.2 Å². The number of amides is 2. The molecule has 1 heterocycles. The molecule has 136 valence electrons. The highest BCUT2D eigenvalue weighted by atomic mass is 19.3. The largest absolute Gasteiger partial charge is 0.355 e. The quantitative estimate of drug-likeness (QED) is 0.845. The Morgan fingerprint density at radius 1 is 1.23 bits per heavy atom. The molecule has 0 bridgehead atoms. The van der Waals surface area contributed by atoms with Crippen LogP contribution in [0.4, 0.5) is 8.78 Å². The number of hydrogen-bond acceptors (Lipinski definition) is 3. The van der Waals surface area contributed by atoms with Crippen LogP contribution < -0.4 is 16.2 Å². The summed E-state index contributed by atoms with van der Waals surface area (Å²) in [4.78, 5) is 36.8. The lowest BCUT2D eigenvalue weighted by atomic mass is 10.1. The average Bonchev–Trinajstić information content (AvgIpc) is 3.22. The van der Waals surface area contributed by atoms with E-state index in [0.717, 1.165) is 11.6 Å². The van der Waals surface area contributed by atoms with Crippen molar-refractivity contribution >= 4 is 11.8 Å². The number of hydrogen-bond donors (Lipinski definition) is 2. The van der Waals surface area contributed by atoms with Gasteiger partial charge in [-0.3, -0.25) is 14.4 Å². The zero-order valence-corrected chi connectivity index (χ0v) is 14.0. The summed E-state index contributed by atoms with van der Waals surface area (Å²) in [6.45, 7) is 0.143. The Bertz CT molecular complexity index is 910. The molecule has 6 nitrogen and oxygen atoms in total. The van der Waals surface area contributed by atoms with Crippen molar-refractivity contribution in [1.82, 2.24) is 15.2 Å². The van der Waals surface area contributed by atoms with Crippen LogP contribution in [0.3, 0.4) is 0 Å².